The van der Waals surface area contributed by atoms with Gasteiger partial charge in [0.1, 0.15) is 19.0 Å². The van der Waals surface area contributed by atoms with Crippen LogP contribution in [0.25, 0.3) is 0 Å². The third-order valence-corrected chi connectivity index (χ3v) is 4.07. The standard InChI is InChI=1S/C15H18O4/c1-17-15(6-4-12(16)5-7-15)11-2-3-13-14(10-11)19-9-8-18-13/h2-3,10H,4-9H2,1H3. The highest BCUT2D eigenvalue weighted by Crippen LogP contribution is 2.42. The second-order valence-corrected chi connectivity index (χ2v) is 5.10. The molecule has 4 heteroatoms. The molecule has 0 bridgehead atoms. The van der Waals surface area contributed by atoms with Gasteiger partial charge in [0.25, 0.3) is 0 Å². The summed E-state index contributed by atoms with van der Waals surface area (Å²) in [6.45, 7) is 1.17. The van der Waals surface area contributed by atoms with Gasteiger partial charge >= 0.3 is 0 Å². The molecule has 3 rings (SSSR count). The molecule has 0 saturated heterocycles. The lowest BCUT2D eigenvalue weighted by Crippen LogP contribution is -2.34. The van der Waals surface area contributed by atoms with E-state index in [0.717, 1.165) is 29.9 Å². The van der Waals surface area contributed by atoms with Crippen molar-refractivity contribution >= 4 is 5.78 Å². The van der Waals surface area contributed by atoms with E-state index in [4.69, 9.17) is 14.2 Å². The summed E-state index contributed by atoms with van der Waals surface area (Å²) in [5.74, 6) is 1.88. The highest BCUT2D eigenvalue weighted by molar-refractivity contribution is 5.79. The number of benzene rings is 1. The van der Waals surface area contributed by atoms with Crippen LogP contribution in [-0.4, -0.2) is 26.1 Å². The minimum atomic E-state index is -0.357. The van der Waals surface area contributed by atoms with Gasteiger partial charge in [-0.3, -0.25) is 4.79 Å². The zero-order chi connectivity index (χ0) is 13.3. The van der Waals surface area contributed by atoms with E-state index in [1.54, 1.807) is 7.11 Å². The first kappa shape index (κ1) is 12.5. The van der Waals surface area contributed by atoms with Gasteiger partial charge < -0.3 is 14.2 Å². The van der Waals surface area contributed by atoms with Crippen LogP contribution in [0.15, 0.2) is 18.2 Å². The molecule has 0 aromatic heterocycles. The van der Waals surface area contributed by atoms with Gasteiger partial charge in [-0.1, -0.05) is 6.07 Å². The second kappa shape index (κ2) is 4.85. The minimum absolute atomic E-state index is 0.324. The van der Waals surface area contributed by atoms with E-state index in [9.17, 15) is 4.79 Å². The smallest absolute Gasteiger partial charge is 0.161 e. The summed E-state index contributed by atoms with van der Waals surface area (Å²) in [6, 6.07) is 5.95. The molecule has 19 heavy (non-hydrogen) atoms. The molecule has 1 aromatic carbocycles. The van der Waals surface area contributed by atoms with Crippen LogP contribution in [0.5, 0.6) is 11.5 Å². The molecule has 1 aliphatic carbocycles. The summed E-state index contributed by atoms with van der Waals surface area (Å²) in [5, 5.41) is 0. The molecule has 0 atom stereocenters. The summed E-state index contributed by atoms with van der Waals surface area (Å²) >= 11 is 0. The molecule has 0 spiro atoms. The van der Waals surface area contributed by atoms with Crippen LogP contribution in [0, 0.1) is 0 Å². The Morgan fingerprint density at radius 1 is 1.11 bits per heavy atom. The van der Waals surface area contributed by atoms with Crippen molar-refractivity contribution in [1.82, 2.24) is 0 Å². The monoisotopic (exact) mass is 262 g/mol. The number of ether oxygens (including phenoxy) is 3. The highest BCUT2D eigenvalue weighted by atomic mass is 16.6. The molecule has 2 aliphatic rings. The molecular formula is C15H18O4. The maximum Gasteiger partial charge on any atom is 0.161 e. The molecule has 1 aromatic rings. The van der Waals surface area contributed by atoms with E-state index in [1.165, 1.54) is 0 Å². The molecule has 0 N–H and O–H groups in total. The number of hydrogen-bond acceptors (Lipinski definition) is 4. The normalized spacial score (nSPS) is 21.2. The Labute approximate surface area is 112 Å². The summed E-state index contributed by atoms with van der Waals surface area (Å²) in [5.41, 5.74) is 0.718. The van der Waals surface area contributed by atoms with Crippen molar-refractivity contribution in [3.63, 3.8) is 0 Å². The molecule has 1 heterocycles. The van der Waals surface area contributed by atoms with Crippen LogP contribution in [-0.2, 0) is 15.1 Å². The Bertz CT molecular complexity index is 485. The van der Waals surface area contributed by atoms with E-state index >= 15 is 0 Å². The van der Waals surface area contributed by atoms with Gasteiger partial charge in [0.05, 0.1) is 5.60 Å². The van der Waals surface area contributed by atoms with Crippen molar-refractivity contribution < 1.29 is 19.0 Å². The minimum Gasteiger partial charge on any atom is -0.486 e. The number of fused-ring (bicyclic) bond motifs is 1. The molecular weight excluding hydrogens is 244 g/mol. The number of rotatable bonds is 2. The van der Waals surface area contributed by atoms with E-state index in [2.05, 4.69) is 0 Å². The third-order valence-electron chi connectivity index (χ3n) is 4.07. The fourth-order valence-corrected chi connectivity index (χ4v) is 2.87. The summed E-state index contributed by atoms with van der Waals surface area (Å²) < 4.78 is 16.9. The molecule has 1 fully saturated rings. The number of Topliss-reactive ketones (excluding diaryl/α,β-unsaturated/α-hetero) is 1. The topological polar surface area (TPSA) is 44.8 Å². The highest BCUT2D eigenvalue weighted by Gasteiger charge is 2.37. The summed E-state index contributed by atoms with van der Waals surface area (Å²) in [7, 11) is 1.71. The maximum atomic E-state index is 11.4. The summed E-state index contributed by atoms with van der Waals surface area (Å²) in [6.07, 6.45) is 2.65. The van der Waals surface area contributed by atoms with Gasteiger partial charge in [-0.2, -0.15) is 0 Å². The van der Waals surface area contributed by atoms with Gasteiger partial charge in [-0.25, -0.2) is 0 Å². The Morgan fingerprint density at radius 3 is 2.47 bits per heavy atom. The predicted octanol–water partition coefficient (Wildman–Crippen LogP) is 2.44. The fourth-order valence-electron chi connectivity index (χ4n) is 2.87. The molecule has 0 amide bonds. The SMILES string of the molecule is COC1(c2ccc3c(c2)OCCO3)CCC(=O)CC1. The Balaban J connectivity index is 1.93. The maximum absolute atomic E-state index is 11.4. The lowest BCUT2D eigenvalue weighted by atomic mass is 9.79. The Morgan fingerprint density at radius 2 is 1.79 bits per heavy atom. The van der Waals surface area contributed by atoms with Crippen molar-refractivity contribution in [2.75, 3.05) is 20.3 Å². The van der Waals surface area contributed by atoms with Gasteiger partial charge in [0, 0.05) is 20.0 Å². The third kappa shape index (κ3) is 2.21. The number of methoxy groups -OCH3 is 1. The van der Waals surface area contributed by atoms with Gasteiger partial charge in [0.2, 0.25) is 0 Å². The number of hydrogen-bond donors (Lipinski definition) is 0. The molecule has 1 saturated carbocycles. The van der Waals surface area contributed by atoms with Crippen molar-refractivity contribution in [3.05, 3.63) is 23.8 Å². The van der Waals surface area contributed by atoms with Crippen LogP contribution in [0.4, 0.5) is 0 Å². The van der Waals surface area contributed by atoms with Crippen molar-refractivity contribution in [1.29, 1.82) is 0 Å². The Hall–Kier alpha value is -1.55. The van der Waals surface area contributed by atoms with E-state index < -0.39 is 0 Å². The molecule has 0 radical (unpaired) electrons. The van der Waals surface area contributed by atoms with Crippen molar-refractivity contribution in [2.24, 2.45) is 0 Å². The van der Waals surface area contributed by atoms with Crippen molar-refractivity contribution in [3.8, 4) is 11.5 Å². The van der Waals surface area contributed by atoms with Gasteiger partial charge in [-0.05, 0) is 30.5 Å². The fraction of sp³-hybridized carbons (Fsp3) is 0.533. The average Bonchev–Trinajstić information content (AvgIpc) is 2.48. The number of carbonyl (C=O) groups excluding carboxylic acids is 1. The van der Waals surface area contributed by atoms with Crippen LogP contribution in [0.3, 0.4) is 0 Å². The second-order valence-electron chi connectivity index (χ2n) is 5.10. The lowest BCUT2D eigenvalue weighted by molar-refractivity contribution is -0.127. The van der Waals surface area contributed by atoms with Crippen LogP contribution >= 0.6 is 0 Å². The zero-order valence-corrected chi connectivity index (χ0v) is 11.1. The van der Waals surface area contributed by atoms with Gasteiger partial charge in [-0.15, -0.1) is 0 Å². The quantitative estimate of drug-likeness (QED) is 0.821. The first-order chi connectivity index (χ1) is 9.23. The number of ketones is 1. The van der Waals surface area contributed by atoms with Gasteiger partial charge in [0.15, 0.2) is 11.5 Å². The van der Waals surface area contributed by atoms with Crippen molar-refractivity contribution in [2.45, 2.75) is 31.3 Å². The van der Waals surface area contributed by atoms with Crippen LogP contribution < -0.4 is 9.47 Å². The predicted molar refractivity (Wildman–Crippen MR) is 69.6 cm³/mol. The molecule has 4 nitrogen and oxygen atoms in total. The molecule has 1 aliphatic heterocycles. The zero-order valence-electron chi connectivity index (χ0n) is 11.1. The first-order valence-electron chi connectivity index (χ1n) is 6.70. The summed E-state index contributed by atoms with van der Waals surface area (Å²) in [4.78, 5) is 11.4. The first-order valence-corrected chi connectivity index (χ1v) is 6.70. The lowest BCUT2D eigenvalue weighted by Gasteiger charge is -2.36. The average molecular weight is 262 g/mol. The largest absolute Gasteiger partial charge is 0.486 e. The Kier molecular flexibility index (Phi) is 3.19. The van der Waals surface area contributed by atoms with E-state index in [0.29, 0.717) is 31.8 Å². The van der Waals surface area contributed by atoms with Crippen LogP contribution in [0.2, 0.25) is 0 Å². The molecule has 102 valence electrons. The van der Waals surface area contributed by atoms with E-state index in [1.807, 2.05) is 18.2 Å². The van der Waals surface area contributed by atoms with Crippen LogP contribution in [0.1, 0.15) is 31.2 Å². The molecule has 0 unspecified atom stereocenters. The number of carbonyl (C=O) groups is 1. The van der Waals surface area contributed by atoms with E-state index in [-0.39, 0.29) is 5.60 Å².